The number of rotatable bonds is 11. The molecular weight excluding hydrogens is 280 g/mol. The van der Waals surface area contributed by atoms with Crippen LogP contribution in [0.3, 0.4) is 0 Å². The number of carbonyl (C=O) groups excluding carboxylic acids is 1. The lowest BCUT2D eigenvalue weighted by molar-refractivity contribution is -0.122. The van der Waals surface area contributed by atoms with Crippen LogP contribution in [0.5, 0.6) is 0 Å². The van der Waals surface area contributed by atoms with Crippen molar-refractivity contribution in [2.24, 2.45) is 0 Å². The average Bonchev–Trinajstić information content (AvgIpc) is 2.35. The fourth-order valence-corrected chi connectivity index (χ4v) is 1.68. The summed E-state index contributed by atoms with van der Waals surface area (Å²) in [4.78, 5) is 11.6. The Balaban J connectivity index is 3.32. The van der Waals surface area contributed by atoms with Crippen LogP contribution >= 0.6 is 0 Å². The maximum Gasteiger partial charge on any atom is 0.222 e. The minimum absolute atomic E-state index is 0.0479. The highest BCUT2D eigenvalue weighted by Gasteiger charge is 2.09. The Bertz CT molecular complexity index is 293. The standard InChI is InChI=1S/C17H36N2O3/c1-16(2,3)19-11-10-18-15(20)9-14-21-12-7-8-13-22-17(4,5)6/h19H,7-14H2,1-6H3,(H,18,20). The zero-order valence-corrected chi connectivity index (χ0v) is 15.4. The van der Waals surface area contributed by atoms with Gasteiger partial charge in [0.05, 0.1) is 12.2 Å². The molecule has 0 aromatic rings. The first-order chi connectivity index (χ1) is 10.1. The van der Waals surface area contributed by atoms with E-state index in [0.717, 1.165) is 26.0 Å². The first-order valence-electron chi connectivity index (χ1n) is 8.33. The third-order valence-corrected chi connectivity index (χ3v) is 2.79. The summed E-state index contributed by atoms with van der Waals surface area (Å²) >= 11 is 0. The SMILES string of the molecule is CC(C)(C)NCCNC(=O)CCOCCCCOC(C)(C)C. The molecule has 0 aromatic carbocycles. The van der Waals surface area contributed by atoms with Crippen LogP contribution in [0.1, 0.15) is 60.8 Å². The maximum absolute atomic E-state index is 11.6. The molecule has 0 unspecified atom stereocenters. The summed E-state index contributed by atoms with van der Waals surface area (Å²) in [6, 6.07) is 0. The Morgan fingerprint density at radius 2 is 1.55 bits per heavy atom. The van der Waals surface area contributed by atoms with Crippen molar-refractivity contribution in [1.82, 2.24) is 10.6 Å². The van der Waals surface area contributed by atoms with Crippen LogP contribution in [0.2, 0.25) is 0 Å². The number of carbonyl (C=O) groups is 1. The van der Waals surface area contributed by atoms with Gasteiger partial charge >= 0.3 is 0 Å². The number of hydrogen-bond acceptors (Lipinski definition) is 4. The van der Waals surface area contributed by atoms with E-state index in [0.29, 0.717) is 26.2 Å². The van der Waals surface area contributed by atoms with Crippen molar-refractivity contribution in [3.05, 3.63) is 0 Å². The molecular formula is C17H36N2O3. The topological polar surface area (TPSA) is 59.6 Å². The molecule has 2 N–H and O–H groups in total. The predicted molar refractivity (Wildman–Crippen MR) is 91.1 cm³/mol. The largest absolute Gasteiger partial charge is 0.381 e. The van der Waals surface area contributed by atoms with Crippen LogP contribution in [0, 0.1) is 0 Å². The molecule has 0 spiro atoms. The van der Waals surface area contributed by atoms with Crippen molar-refractivity contribution in [3.63, 3.8) is 0 Å². The molecule has 22 heavy (non-hydrogen) atoms. The van der Waals surface area contributed by atoms with Gasteiger partial charge in [0.25, 0.3) is 0 Å². The summed E-state index contributed by atoms with van der Waals surface area (Å²) in [5, 5.41) is 6.21. The smallest absolute Gasteiger partial charge is 0.222 e. The molecule has 5 heteroatoms. The minimum Gasteiger partial charge on any atom is -0.381 e. The average molecular weight is 316 g/mol. The summed E-state index contributed by atoms with van der Waals surface area (Å²) in [6.45, 7) is 15.8. The van der Waals surface area contributed by atoms with E-state index in [9.17, 15) is 4.79 Å². The Hall–Kier alpha value is -0.650. The second kappa shape index (κ2) is 11.0. The van der Waals surface area contributed by atoms with Crippen molar-refractivity contribution in [3.8, 4) is 0 Å². The van der Waals surface area contributed by atoms with E-state index in [1.807, 2.05) is 0 Å². The minimum atomic E-state index is -0.0687. The quantitative estimate of drug-likeness (QED) is 0.575. The first kappa shape index (κ1) is 21.4. The van der Waals surface area contributed by atoms with Crippen molar-refractivity contribution in [2.75, 3.05) is 32.9 Å². The van der Waals surface area contributed by atoms with E-state index >= 15 is 0 Å². The molecule has 0 aliphatic heterocycles. The zero-order chi connectivity index (χ0) is 17.1. The lowest BCUT2D eigenvalue weighted by atomic mass is 10.1. The fraction of sp³-hybridized carbons (Fsp3) is 0.941. The summed E-state index contributed by atoms with van der Waals surface area (Å²) in [5.74, 6) is 0.0479. The van der Waals surface area contributed by atoms with Gasteiger partial charge in [-0.2, -0.15) is 0 Å². The lowest BCUT2D eigenvalue weighted by Gasteiger charge is -2.20. The lowest BCUT2D eigenvalue weighted by Crippen LogP contribution is -2.41. The molecule has 0 saturated carbocycles. The van der Waals surface area contributed by atoms with E-state index in [-0.39, 0.29) is 17.0 Å². The molecule has 132 valence electrons. The predicted octanol–water partition coefficient (Wildman–Crippen LogP) is 2.49. The Morgan fingerprint density at radius 1 is 0.909 bits per heavy atom. The van der Waals surface area contributed by atoms with E-state index in [4.69, 9.17) is 9.47 Å². The van der Waals surface area contributed by atoms with Crippen molar-refractivity contribution in [1.29, 1.82) is 0 Å². The van der Waals surface area contributed by atoms with Gasteiger partial charge in [-0.25, -0.2) is 0 Å². The number of nitrogens with one attached hydrogen (secondary N) is 2. The second-order valence-corrected chi connectivity index (χ2v) is 7.56. The summed E-state index contributed by atoms with van der Waals surface area (Å²) in [5.41, 5.74) is 0.0192. The zero-order valence-electron chi connectivity index (χ0n) is 15.4. The van der Waals surface area contributed by atoms with Crippen LogP contribution in [-0.4, -0.2) is 50.0 Å². The third-order valence-electron chi connectivity index (χ3n) is 2.79. The van der Waals surface area contributed by atoms with Gasteiger partial charge in [-0.15, -0.1) is 0 Å². The van der Waals surface area contributed by atoms with Crippen LogP contribution < -0.4 is 10.6 Å². The molecule has 5 nitrogen and oxygen atoms in total. The van der Waals surface area contributed by atoms with E-state index in [1.54, 1.807) is 0 Å². The summed E-state index contributed by atoms with van der Waals surface area (Å²) < 4.78 is 11.1. The van der Waals surface area contributed by atoms with Crippen molar-refractivity contribution in [2.45, 2.75) is 71.9 Å². The number of hydrogen-bond donors (Lipinski definition) is 2. The van der Waals surface area contributed by atoms with Gasteiger partial charge in [0, 0.05) is 38.3 Å². The summed E-state index contributed by atoms with van der Waals surface area (Å²) in [7, 11) is 0. The van der Waals surface area contributed by atoms with Gasteiger partial charge in [-0.1, -0.05) is 0 Å². The van der Waals surface area contributed by atoms with Gasteiger partial charge < -0.3 is 20.1 Å². The highest BCUT2D eigenvalue weighted by Crippen LogP contribution is 2.07. The first-order valence-corrected chi connectivity index (χ1v) is 8.33. The van der Waals surface area contributed by atoms with Gasteiger partial charge in [0.2, 0.25) is 5.91 Å². The molecule has 0 aromatic heterocycles. The summed E-state index contributed by atoms with van der Waals surface area (Å²) in [6.07, 6.45) is 2.38. The van der Waals surface area contributed by atoms with Crippen LogP contribution in [0.4, 0.5) is 0 Å². The van der Waals surface area contributed by atoms with Gasteiger partial charge in [-0.05, 0) is 54.4 Å². The molecule has 0 fully saturated rings. The Morgan fingerprint density at radius 3 is 2.14 bits per heavy atom. The highest BCUT2D eigenvalue weighted by molar-refractivity contribution is 5.75. The molecule has 0 rings (SSSR count). The molecule has 0 bridgehead atoms. The highest BCUT2D eigenvalue weighted by atomic mass is 16.5. The van der Waals surface area contributed by atoms with Crippen LogP contribution in [0.15, 0.2) is 0 Å². The number of unbranched alkanes of at least 4 members (excludes halogenated alkanes) is 1. The molecule has 0 aliphatic carbocycles. The second-order valence-electron chi connectivity index (χ2n) is 7.56. The van der Waals surface area contributed by atoms with E-state index in [2.05, 4.69) is 52.2 Å². The van der Waals surface area contributed by atoms with Crippen LogP contribution in [0.25, 0.3) is 0 Å². The number of amides is 1. The van der Waals surface area contributed by atoms with E-state index < -0.39 is 0 Å². The van der Waals surface area contributed by atoms with Crippen LogP contribution in [-0.2, 0) is 14.3 Å². The van der Waals surface area contributed by atoms with Gasteiger partial charge in [-0.3, -0.25) is 4.79 Å². The molecule has 0 aliphatic rings. The maximum atomic E-state index is 11.6. The van der Waals surface area contributed by atoms with E-state index in [1.165, 1.54) is 0 Å². The Labute approximate surface area is 136 Å². The fourth-order valence-electron chi connectivity index (χ4n) is 1.68. The van der Waals surface area contributed by atoms with Gasteiger partial charge in [0.15, 0.2) is 0 Å². The molecule has 0 heterocycles. The monoisotopic (exact) mass is 316 g/mol. The Kier molecular flexibility index (Phi) is 10.6. The van der Waals surface area contributed by atoms with Crippen molar-refractivity contribution < 1.29 is 14.3 Å². The molecule has 0 atom stereocenters. The molecule has 0 saturated heterocycles. The van der Waals surface area contributed by atoms with Crippen molar-refractivity contribution >= 4 is 5.91 Å². The molecule has 0 radical (unpaired) electrons. The number of ether oxygens (including phenoxy) is 2. The third kappa shape index (κ3) is 17.4. The molecule has 1 amide bonds. The normalized spacial score (nSPS) is 12.5. The van der Waals surface area contributed by atoms with Gasteiger partial charge in [0.1, 0.15) is 0 Å².